The molecule has 1 aliphatic heterocycles. The molecule has 4 rings (SSSR count). The molecule has 0 unspecified atom stereocenters. The van der Waals surface area contributed by atoms with Crippen molar-refractivity contribution < 1.29 is 14.1 Å². The van der Waals surface area contributed by atoms with E-state index >= 15 is 0 Å². The number of halogens is 1. The Bertz CT molecular complexity index is 1060. The second kappa shape index (κ2) is 10.1. The molecule has 2 aromatic carbocycles. The van der Waals surface area contributed by atoms with Gasteiger partial charge in [-0.1, -0.05) is 47.1 Å². The number of hydrogen-bond acceptors (Lipinski definition) is 6. The van der Waals surface area contributed by atoms with Crippen molar-refractivity contribution in [2.24, 2.45) is 5.92 Å². The molecule has 8 heteroatoms. The summed E-state index contributed by atoms with van der Waals surface area (Å²) in [4.78, 5) is 21.5. The fourth-order valence-electron chi connectivity index (χ4n) is 4.07. The summed E-state index contributed by atoms with van der Waals surface area (Å²) in [6.45, 7) is 2.74. The third-order valence-corrected chi connectivity index (χ3v) is 6.06. The van der Waals surface area contributed by atoms with E-state index in [9.17, 15) is 4.79 Å². The first-order chi connectivity index (χ1) is 15.5. The maximum atomic E-state index is 13.0. The lowest BCUT2D eigenvalue weighted by molar-refractivity contribution is -0.136. The number of ether oxygens (including phenoxy) is 1. The van der Waals surface area contributed by atoms with Gasteiger partial charge in [-0.3, -0.25) is 9.69 Å². The van der Waals surface area contributed by atoms with Crippen LogP contribution >= 0.6 is 11.6 Å². The van der Waals surface area contributed by atoms with Crippen molar-refractivity contribution in [2.45, 2.75) is 25.9 Å². The van der Waals surface area contributed by atoms with E-state index in [-0.39, 0.29) is 11.8 Å². The number of amides is 1. The van der Waals surface area contributed by atoms with E-state index in [1.54, 1.807) is 12.0 Å². The first kappa shape index (κ1) is 22.3. The van der Waals surface area contributed by atoms with E-state index in [4.69, 9.17) is 20.9 Å². The third-order valence-electron chi connectivity index (χ3n) is 5.82. The molecule has 3 aromatic rings. The predicted molar refractivity (Wildman–Crippen MR) is 122 cm³/mol. The molecule has 0 atom stereocenters. The molecule has 0 bridgehead atoms. The predicted octanol–water partition coefficient (Wildman–Crippen LogP) is 4.27. The zero-order chi connectivity index (χ0) is 22.5. The Morgan fingerprint density at radius 3 is 2.75 bits per heavy atom. The zero-order valence-electron chi connectivity index (χ0n) is 18.3. The summed E-state index contributed by atoms with van der Waals surface area (Å²) in [6.07, 6.45) is 1.62. The topological polar surface area (TPSA) is 71.7 Å². The molecule has 0 spiro atoms. The van der Waals surface area contributed by atoms with Crippen LogP contribution in [-0.2, 0) is 17.9 Å². The largest absolute Gasteiger partial charge is 0.496 e. The minimum atomic E-state index is 0.0238. The third kappa shape index (κ3) is 5.29. The van der Waals surface area contributed by atoms with Gasteiger partial charge in [-0.05, 0) is 44.1 Å². The molecule has 1 aromatic heterocycles. The van der Waals surface area contributed by atoms with E-state index < -0.39 is 0 Å². The van der Waals surface area contributed by atoms with Crippen LogP contribution in [0, 0.1) is 5.92 Å². The van der Waals surface area contributed by atoms with Crippen molar-refractivity contribution in [3.8, 4) is 17.1 Å². The lowest BCUT2D eigenvalue weighted by atomic mass is 9.95. The molecule has 1 saturated heterocycles. The summed E-state index contributed by atoms with van der Waals surface area (Å²) in [5, 5.41) is 4.71. The summed E-state index contributed by atoms with van der Waals surface area (Å²) in [5.41, 5.74) is 1.84. The Kier molecular flexibility index (Phi) is 7.07. The van der Waals surface area contributed by atoms with Crippen molar-refractivity contribution in [1.29, 1.82) is 0 Å². The number of aromatic nitrogens is 2. The first-order valence-corrected chi connectivity index (χ1v) is 11.1. The molecule has 0 aliphatic carbocycles. The van der Waals surface area contributed by atoms with Gasteiger partial charge in [-0.25, -0.2) is 0 Å². The van der Waals surface area contributed by atoms with E-state index in [2.05, 4.69) is 15.0 Å². The highest BCUT2D eigenvalue weighted by molar-refractivity contribution is 6.30. The highest BCUT2D eigenvalue weighted by atomic mass is 35.5. The maximum Gasteiger partial charge on any atom is 0.241 e. The van der Waals surface area contributed by atoms with Crippen molar-refractivity contribution in [1.82, 2.24) is 19.9 Å². The molecule has 0 saturated carbocycles. The highest BCUT2D eigenvalue weighted by Crippen LogP contribution is 2.25. The average molecular weight is 455 g/mol. The summed E-state index contributed by atoms with van der Waals surface area (Å²) in [7, 11) is 3.51. The van der Waals surface area contributed by atoms with Gasteiger partial charge in [0.1, 0.15) is 5.75 Å². The lowest BCUT2D eigenvalue weighted by Gasteiger charge is -2.32. The fraction of sp³-hybridized carbons (Fsp3) is 0.375. The molecular weight excluding hydrogens is 428 g/mol. The van der Waals surface area contributed by atoms with Gasteiger partial charge in [-0.15, -0.1) is 0 Å². The molecule has 0 radical (unpaired) electrons. The fourth-order valence-corrected chi connectivity index (χ4v) is 4.26. The average Bonchev–Trinajstić information content (AvgIpc) is 3.28. The van der Waals surface area contributed by atoms with Gasteiger partial charge in [0.05, 0.1) is 13.7 Å². The van der Waals surface area contributed by atoms with E-state index in [1.807, 2.05) is 55.6 Å². The van der Waals surface area contributed by atoms with Crippen LogP contribution in [-0.4, -0.2) is 53.1 Å². The number of likely N-dealkylation sites (tertiary alicyclic amines) is 1. The Hall–Kier alpha value is -2.90. The SMILES string of the molecule is COc1ccccc1CN(C)C(=O)C1CCN(Cc2nc(-c3cccc(Cl)c3)no2)CC1. The zero-order valence-corrected chi connectivity index (χ0v) is 19.1. The first-order valence-electron chi connectivity index (χ1n) is 10.7. The maximum absolute atomic E-state index is 13.0. The molecule has 7 nitrogen and oxygen atoms in total. The normalized spacial score (nSPS) is 15.0. The minimum absolute atomic E-state index is 0.0238. The summed E-state index contributed by atoms with van der Waals surface area (Å²) in [6, 6.07) is 15.2. The molecule has 168 valence electrons. The second-order valence-corrected chi connectivity index (χ2v) is 8.52. The van der Waals surface area contributed by atoms with Crippen molar-refractivity contribution in [2.75, 3.05) is 27.2 Å². The van der Waals surface area contributed by atoms with Crippen LogP contribution in [0.4, 0.5) is 0 Å². The Labute approximate surface area is 192 Å². The van der Waals surface area contributed by atoms with Crippen LogP contribution in [0.5, 0.6) is 5.75 Å². The van der Waals surface area contributed by atoms with E-state index in [0.29, 0.717) is 29.8 Å². The molecule has 0 N–H and O–H groups in total. The molecular formula is C24H27ClN4O3. The van der Waals surface area contributed by atoms with Crippen LogP contribution in [0.15, 0.2) is 53.1 Å². The van der Waals surface area contributed by atoms with Gasteiger partial charge >= 0.3 is 0 Å². The van der Waals surface area contributed by atoms with Gasteiger partial charge in [0, 0.05) is 35.7 Å². The highest BCUT2D eigenvalue weighted by Gasteiger charge is 2.28. The summed E-state index contributed by atoms with van der Waals surface area (Å²) in [5.74, 6) is 2.11. The number of methoxy groups -OCH3 is 1. The van der Waals surface area contributed by atoms with Gasteiger partial charge in [0.15, 0.2) is 0 Å². The van der Waals surface area contributed by atoms with E-state index in [0.717, 1.165) is 42.8 Å². The Morgan fingerprint density at radius 2 is 2.00 bits per heavy atom. The number of rotatable bonds is 7. The number of nitrogens with zero attached hydrogens (tertiary/aromatic N) is 4. The number of carbonyl (C=O) groups excluding carboxylic acids is 1. The Morgan fingerprint density at radius 1 is 1.22 bits per heavy atom. The quantitative estimate of drug-likeness (QED) is 0.531. The van der Waals surface area contributed by atoms with Gasteiger partial charge in [0.25, 0.3) is 0 Å². The van der Waals surface area contributed by atoms with Crippen LogP contribution in [0.2, 0.25) is 5.02 Å². The van der Waals surface area contributed by atoms with Gasteiger partial charge in [-0.2, -0.15) is 4.98 Å². The second-order valence-electron chi connectivity index (χ2n) is 8.08. The monoisotopic (exact) mass is 454 g/mol. The number of piperidine rings is 1. The number of carbonyl (C=O) groups is 1. The van der Waals surface area contributed by atoms with Gasteiger partial charge in [0.2, 0.25) is 17.6 Å². The number of hydrogen-bond donors (Lipinski definition) is 0. The van der Waals surface area contributed by atoms with Crippen molar-refractivity contribution >= 4 is 17.5 Å². The molecule has 1 amide bonds. The van der Waals surface area contributed by atoms with Crippen LogP contribution in [0.3, 0.4) is 0 Å². The van der Waals surface area contributed by atoms with E-state index in [1.165, 1.54) is 0 Å². The molecule has 2 heterocycles. The molecule has 32 heavy (non-hydrogen) atoms. The van der Waals surface area contributed by atoms with Crippen molar-refractivity contribution in [3.63, 3.8) is 0 Å². The minimum Gasteiger partial charge on any atom is -0.496 e. The number of para-hydroxylation sites is 1. The van der Waals surface area contributed by atoms with Crippen LogP contribution < -0.4 is 4.74 Å². The number of benzene rings is 2. The van der Waals surface area contributed by atoms with Gasteiger partial charge < -0.3 is 14.2 Å². The summed E-state index contributed by atoms with van der Waals surface area (Å²) >= 11 is 6.05. The van der Waals surface area contributed by atoms with Crippen LogP contribution in [0.25, 0.3) is 11.4 Å². The Balaban J connectivity index is 1.29. The van der Waals surface area contributed by atoms with Crippen LogP contribution in [0.1, 0.15) is 24.3 Å². The lowest BCUT2D eigenvalue weighted by Crippen LogP contribution is -2.40. The molecule has 1 aliphatic rings. The standard InChI is InChI=1S/C24H27ClN4O3/c1-28(15-19-6-3-4-9-21(19)31-2)24(30)17-10-12-29(13-11-17)16-22-26-23(27-32-22)18-7-5-8-20(25)14-18/h3-9,14,17H,10-13,15-16H2,1-2H3. The molecule has 1 fully saturated rings. The summed E-state index contributed by atoms with van der Waals surface area (Å²) < 4.78 is 10.8. The van der Waals surface area contributed by atoms with Crippen molar-refractivity contribution in [3.05, 3.63) is 65.0 Å². The smallest absolute Gasteiger partial charge is 0.241 e.